The molecule has 5 rings (SSSR count). The van der Waals surface area contributed by atoms with Crippen molar-refractivity contribution in [3.05, 3.63) is 47.7 Å². The van der Waals surface area contributed by atoms with Crippen molar-refractivity contribution in [3.63, 3.8) is 0 Å². The molecule has 1 saturated heterocycles. The van der Waals surface area contributed by atoms with E-state index in [1.165, 1.54) is 22.2 Å². The number of para-hydroxylation sites is 1. The van der Waals surface area contributed by atoms with Crippen molar-refractivity contribution in [2.24, 2.45) is 0 Å². The second-order valence-corrected chi connectivity index (χ2v) is 7.08. The average molecular weight is 308 g/mol. The first-order valence-corrected chi connectivity index (χ1v) is 8.37. The van der Waals surface area contributed by atoms with Crippen molar-refractivity contribution in [2.45, 2.75) is 37.5 Å². The second-order valence-electron chi connectivity index (χ2n) is 7.08. The lowest BCUT2D eigenvalue weighted by Gasteiger charge is -2.53. The molecule has 0 saturated carbocycles. The number of allylic oxidation sites excluding steroid dienone is 1. The number of nitrogens with one attached hydrogen (secondary N) is 1. The molecule has 4 heteroatoms. The summed E-state index contributed by atoms with van der Waals surface area (Å²) in [5.74, 6) is 0.208. The molecule has 0 unspecified atom stereocenters. The summed E-state index contributed by atoms with van der Waals surface area (Å²) in [5.41, 5.74) is 3.56. The quantitative estimate of drug-likeness (QED) is 0.814. The highest BCUT2D eigenvalue weighted by molar-refractivity contribution is 5.91. The molecule has 1 aromatic carbocycles. The number of hydrogen-bond donors (Lipinski definition) is 1. The summed E-state index contributed by atoms with van der Waals surface area (Å²) in [6, 6.07) is 8.87. The maximum absolute atomic E-state index is 11.9. The molecule has 0 amide bonds. The van der Waals surface area contributed by atoms with Crippen LogP contribution >= 0.6 is 0 Å². The number of hydrogen-bond acceptors (Lipinski definition) is 3. The van der Waals surface area contributed by atoms with Crippen molar-refractivity contribution >= 4 is 16.7 Å². The number of ether oxygens (including phenoxy) is 1. The Morgan fingerprint density at radius 3 is 3.13 bits per heavy atom. The van der Waals surface area contributed by atoms with E-state index in [-0.39, 0.29) is 23.5 Å². The van der Waals surface area contributed by atoms with E-state index in [9.17, 15) is 4.79 Å². The third-order valence-electron chi connectivity index (χ3n) is 5.81. The summed E-state index contributed by atoms with van der Waals surface area (Å²) in [7, 11) is 0. The molecule has 1 aromatic heterocycles. The van der Waals surface area contributed by atoms with E-state index in [4.69, 9.17) is 4.74 Å². The summed E-state index contributed by atoms with van der Waals surface area (Å²) >= 11 is 0. The van der Waals surface area contributed by atoms with Gasteiger partial charge in [-0.3, -0.25) is 9.69 Å². The zero-order valence-electron chi connectivity index (χ0n) is 13.2. The fourth-order valence-corrected chi connectivity index (χ4v) is 4.57. The summed E-state index contributed by atoms with van der Waals surface area (Å²) in [6.07, 6.45) is 5.23. The number of nitrogens with zero attached hydrogens (tertiary/aromatic N) is 1. The van der Waals surface area contributed by atoms with Gasteiger partial charge in [0.1, 0.15) is 0 Å². The average Bonchev–Trinajstić information content (AvgIpc) is 2.94. The first-order chi connectivity index (χ1) is 11.2. The number of carbonyl (C=O) groups excluding carboxylic acids is 1. The molecular weight excluding hydrogens is 288 g/mol. The third-order valence-corrected chi connectivity index (χ3v) is 5.81. The van der Waals surface area contributed by atoms with Crippen LogP contribution in [0.5, 0.6) is 0 Å². The van der Waals surface area contributed by atoms with Crippen molar-refractivity contribution in [3.8, 4) is 0 Å². The lowest BCUT2D eigenvalue weighted by molar-refractivity contribution is -0.154. The smallest absolute Gasteiger partial charge is 0.157 e. The van der Waals surface area contributed by atoms with Gasteiger partial charge < -0.3 is 9.72 Å². The van der Waals surface area contributed by atoms with Crippen molar-refractivity contribution in [2.75, 3.05) is 13.2 Å². The fourth-order valence-electron chi connectivity index (χ4n) is 4.57. The van der Waals surface area contributed by atoms with Crippen LogP contribution in [-0.4, -0.2) is 40.5 Å². The molecule has 1 N–H and O–H groups in total. The number of H-pyrrole nitrogens is 1. The largest absolute Gasteiger partial charge is 0.367 e. The fraction of sp³-hybridized carbons (Fsp3) is 0.421. The van der Waals surface area contributed by atoms with Crippen molar-refractivity contribution < 1.29 is 9.53 Å². The van der Waals surface area contributed by atoms with Crippen LogP contribution in [-0.2, 0) is 16.0 Å². The number of carbonyl (C=O) groups is 1. The van der Waals surface area contributed by atoms with Crippen LogP contribution < -0.4 is 0 Å². The van der Waals surface area contributed by atoms with E-state index >= 15 is 0 Å². The molecular formula is C19H20N2O2. The predicted molar refractivity (Wildman–Crippen MR) is 88.4 cm³/mol. The molecule has 0 radical (unpaired) electrons. The zero-order chi connectivity index (χ0) is 15.6. The van der Waals surface area contributed by atoms with Gasteiger partial charge in [0.2, 0.25) is 0 Å². The molecule has 3 atom stereocenters. The van der Waals surface area contributed by atoms with Gasteiger partial charge in [-0.05, 0) is 37.1 Å². The van der Waals surface area contributed by atoms with Gasteiger partial charge in [0.05, 0.1) is 18.2 Å². The Morgan fingerprint density at radius 2 is 2.22 bits per heavy atom. The molecule has 0 bridgehead atoms. The minimum atomic E-state index is -0.339. The summed E-state index contributed by atoms with van der Waals surface area (Å²) in [5, 5.41) is 1.33. The summed E-state index contributed by atoms with van der Waals surface area (Å²) < 4.78 is 6.24. The highest BCUT2D eigenvalue weighted by atomic mass is 16.5. The Labute approximate surface area is 135 Å². The minimum Gasteiger partial charge on any atom is -0.367 e. The molecule has 3 aliphatic rings. The van der Waals surface area contributed by atoms with Crippen LogP contribution in [0, 0.1) is 0 Å². The van der Waals surface area contributed by atoms with Crippen LogP contribution in [0.1, 0.15) is 30.6 Å². The monoisotopic (exact) mass is 308 g/mol. The Bertz CT molecular complexity index is 837. The van der Waals surface area contributed by atoms with Gasteiger partial charge >= 0.3 is 0 Å². The lowest BCUT2D eigenvalue weighted by atomic mass is 9.81. The number of morpholine rings is 1. The van der Waals surface area contributed by atoms with E-state index in [0.717, 1.165) is 13.0 Å². The van der Waals surface area contributed by atoms with Crippen LogP contribution in [0.15, 0.2) is 36.4 Å². The number of ketones is 1. The van der Waals surface area contributed by atoms with Gasteiger partial charge in [0.15, 0.2) is 5.78 Å². The Hall–Kier alpha value is -1.91. The van der Waals surface area contributed by atoms with Crippen LogP contribution in [0.4, 0.5) is 0 Å². The van der Waals surface area contributed by atoms with E-state index in [1.54, 1.807) is 6.08 Å². The Kier molecular flexibility index (Phi) is 2.68. The van der Waals surface area contributed by atoms with E-state index < -0.39 is 0 Å². The second kappa shape index (κ2) is 4.56. The zero-order valence-corrected chi connectivity index (χ0v) is 13.2. The third kappa shape index (κ3) is 1.82. The van der Waals surface area contributed by atoms with Gasteiger partial charge in [-0.2, -0.15) is 0 Å². The maximum atomic E-state index is 11.9. The molecule has 2 aliphatic heterocycles. The maximum Gasteiger partial charge on any atom is 0.157 e. The van der Waals surface area contributed by atoms with Gasteiger partial charge in [0, 0.05) is 35.6 Å². The number of aromatic nitrogens is 1. The molecule has 4 nitrogen and oxygen atoms in total. The molecule has 2 aromatic rings. The topological polar surface area (TPSA) is 45.3 Å². The standard InChI is InChI=1S/C19H20N2O2/c1-19-8-6-12(22)10-17(19)21-9-7-14-13-4-2-3-5-15(13)20-18(14)16(21)11-23-19/h2-6,8,16-17,20H,7,9-11H2,1H3/t16-,17+,19-/m0/s1. The first-order valence-electron chi connectivity index (χ1n) is 8.37. The predicted octanol–water partition coefficient (Wildman–Crippen LogP) is 2.75. The van der Waals surface area contributed by atoms with E-state index in [2.05, 4.69) is 41.1 Å². The number of rotatable bonds is 0. The van der Waals surface area contributed by atoms with Gasteiger partial charge in [-0.1, -0.05) is 18.2 Å². The van der Waals surface area contributed by atoms with Crippen molar-refractivity contribution in [1.82, 2.24) is 9.88 Å². The molecule has 118 valence electrons. The number of fused-ring (bicyclic) bond motifs is 7. The van der Waals surface area contributed by atoms with Crippen LogP contribution in [0.2, 0.25) is 0 Å². The van der Waals surface area contributed by atoms with E-state index in [0.29, 0.717) is 13.0 Å². The SMILES string of the molecule is C[C@]12C=CC(=O)C[C@H]1N1CCc3c([nH]c4ccccc34)[C@@H]1CO2. The number of benzene rings is 1. The highest BCUT2D eigenvalue weighted by Gasteiger charge is 2.49. The molecule has 1 aliphatic carbocycles. The van der Waals surface area contributed by atoms with Gasteiger partial charge in [-0.25, -0.2) is 0 Å². The van der Waals surface area contributed by atoms with E-state index in [1.807, 2.05) is 6.08 Å². The summed E-state index contributed by atoms with van der Waals surface area (Å²) in [6.45, 7) is 3.77. The molecule has 1 fully saturated rings. The van der Waals surface area contributed by atoms with Crippen LogP contribution in [0.25, 0.3) is 10.9 Å². The molecule has 23 heavy (non-hydrogen) atoms. The first kappa shape index (κ1) is 13.5. The lowest BCUT2D eigenvalue weighted by Crippen LogP contribution is -2.61. The Balaban J connectivity index is 1.60. The number of aromatic amines is 1. The minimum absolute atomic E-state index is 0.137. The van der Waals surface area contributed by atoms with Gasteiger partial charge in [-0.15, -0.1) is 0 Å². The van der Waals surface area contributed by atoms with Crippen LogP contribution in [0.3, 0.4) is 0 Å². The highest BCUT2D eigenvalue weighted by Crippen LogP contribution is 2.44. The van der Waals surface area contributed by atoms with Gasteiger partial charge in [0.25, 0.3) is 0 Å². The molecule has 3 heterocycles. The summed E-state index contributed by atoms with van der Waals surface area (Å²) in [4.78, 5) is 18.0. The van der Waals surface area contributed by atoms with Crippen molar-refractivity contribution in [1.29, 1.82) is 0 Å². The normalized spacial score (nSPS) is 33.3. The Morgan fingerprint density at radius 1 is 1.35 bits per heavy atom. The molecule has 0 spiro atoms.